The van der Waals surface area contributed by atoms with E-state index in [9.17, 15) is 0 Å². The molecule has 3 nitrogen and oxygen atoms in total. The van der Waals surface area contributed by atoms with E-state index in [2.05, 4.69) is 31.7 Å². The second kappa shape index (κ2) is 4.73. The summed E-state index contributed by atoms with van der Waals surface area (Å²) in [6, 6.07) is 2.59. The van der Waals surface area contributed by atoms with Crippen molar-refractivity contribution in [2.24, 2.45) is 11.1 Å². The number of nitrogens with two attached hydrogens (primary N) is 1. The molecule has 1 fully saturated rings. The fourth-order valence-corrected chi connectivity index (χ4v) is 2.36. The lowest BCUT2D eigenvalue weighted by molar-refractivity contribution is 0.0912. The molecule has 1 heterocycles. The SMILES string of the molecule is CC(CC(C)(N)C#N)N1CCC(C)(C)CC1. The van der Waals surface area contributed by atoms with Crippen LogP contribution in [0.2, 0.25) is 0 Å². The van der Waals surface area contributed by atoms with Crippen molar-refractivity contribution in [2.45, 2.75) is 58.5 Å². The summed E-state index contributed by atoms with van der Waals surface area (Å²) in [6.45, 7) is 10.9. The lowest BCUT2D eigenvalue weighted by atomic mass is 9.82. The van der Waals surface area contributed by atoms with E-state index >= 15 is 0 Å². The maximum Gasteiger partial charge on any atom is 0.102 e. The van der Waals surface area contributed by atoms with Crippen molar-refractivity contribution in [3.8, 4) is 6.07 Å². The molecule has 3 heteroatoms. The lowest BCUT2D eigenvalue weighted by Crippen LogP contribution is -2.47. The third kappa shape index (κ3) is 3.77. The van der Waals surface area contributed by atoms with Crippen molar-refractivity contribution in [1.29, 1.82) is 5.26 Å². The Hall–Kier alpha value is -0.590. The number of likely N-dealkylation sites (tertiary alicyclic amines) is 1. The van der Waals surface area contributed by atoms with E-state index in [1.165, 1.54) is 12.8 Å². The van der Waals surface area contributed by atoms with Gasteiger partial charge in [0.05, 0.1) is 6.07 Å². The van der Waals surface area contributed by atoms with Crippen molar-refractivity contribution in [3.63, 3.8) is 0 Å². The monoisotopic (exact) mass is 223 g/mol. The molecule has 0 aliphatic carbocycles. The molecule has 1 saturated heterocycles. The van der Waals surface area contributed by atoms with Crippen LogP contribution in [0.4, 0.5) is 0 Å². The third-order valence-electron chi connectivity index (χ3n) is 3.75. The van der Waals surface area contributed by atoms with E-state index in [0.29, 0.717) is 11.5 Å². The molecule has 1 rings (SSSR count). The van der Waals surface area contributed by atoms with E-state index in [0.717, 1.165) is 19.5 Å². The van der Waals surface area contributed by atoms with Crippen LogP contribution < -0.4 is 5.73 Å². The van der Waals surface area contributed by atoms with E-state index in [4.69, 9.17) is 11.0 Å². The quantitative estimate of drug-likeness (QED) is 0.797. The summed E-state index contributed by atoms with van der Waals surface area (Å²) < 4.78 is 0. The molecule has 1 aliphatic heterocycles. The molecule has 16 heavy (non-hydrogen) atoms. The Morgan fingerprint density at radius 1 is 1.44 bits per heavy atom. The molecule has 1 aliphatic rings. The number of hydrogen-bond acceptors (Lipinski definition) is 3. The van der Waals surface area contributed by atoms with Gasteiger partial charge in [-0.05, 0) is 51.6 Å². The normalized spacial score (nSPS) is 26.8. The van der Waals surface area contributed by atoms with Crippen LogP contribution in [0.3, 0.4) is 0 Å². The van der Waals surface area contributed by atoms with Crippen molar-refractivity contribution in [3.05, 3.63) is 0 Å². The Bertz CT molecular complexity index is 265. The summed E-state index contributed by atoms with van der Waals surface area (Å²) in [5.41, 5.74) is 5.68. The molecule has 0 spiro atoms. The van der Waals surface area contributed by atoms with Crippen LogP contribution in [-0.4, -0.2) is 29.6 Å². The number of hydrogen-bond donors (Lipinski definition) is 1. The molecule has 0 saturated carbocycles. The molecule has 0 aromatic carbocycles. The molecule has 0 amide bonds. The molecule has 2 unspecified atom stereocenters. The van der Waals surface area contributed by atoms with Gasteiger partial charge in [-0.2, -0.15) is 5.26 Å². The van der Waals surface area contributed by atoms with Crippen molar-refractivity contribution in [2.75, 3.05) is 13.1 Å². The fraction of sp³-hybridized carbons (Fsp3) is 0.923. The summed E-state index contributed by atoms with van der Waals surface area (Å²) in [5.74, 6) is 0. The highest BCUT2D eigenvalue weighted by Crippen LogP contribution is 2.31. The number of rotatable bonds is 3. The zero-order chi connectivity index (χ0) is 12.4. The zero-order valence-corrected chi connectivity index (χ0v) is 11.1. The zero-order valence-electron chi connectivity index (χ0n) is 11.1. The molecule has 2 atom stereocenters. The topological polar surface area (TPSA) is 53.1 Å². The minimum Gasteiger partial charge on any atom is -0.314 e. The highest BCUT2D eigenvalue weighted by Gasteiger charge is 2.30. The Kier molecular flexibility index (Phi) is 3.98. The molecular formula is C13H25N3. The van der Waals surface area contributed by atoms with Gasteiger partial charge >= 0.3 is 0 Å². The molecular weight excluding hydrogens is 198 g/mol. The third-order valence-corrected chi connectivity index (χ3v) is 3.75. The Morgan fingerprint density at radius 2 is 1.94 bits per heavy atom. The van der Waals surface area contributed by atoms with Gasteiger partial charge in [0.1, 0.15) is 5.54 Å². The Balaban J connectivity index is 2.46. The first-order chi connectivity index (χ1) is 7.26. The average Bonchev–Trinajstić information content (AvgIpc) is 2.16. The fourth-order valence-electron chi connectivity index (χ4n) is 2.36. The molecule has 92 valence electrons. The summed E-state index contributed by atoms with van der Waals surface area (Å²) >= 11 is 0. The molecule has 0 radical (unpaired) electrons. The Morgan fingerprint density at radius 3 is 2.38 bits per heavy atom. The van der Waals surface area contributed by atoms with E-state index in [1.54, 1.807) is 0 Å². The van der Waals surface area contributed by atoms with Crippen LogP contribution in [0.5, 0.6) is 0 Å². The predicted octanol–water partition coefficient (Wildman–Crippen LogP) is 2.13. The van der Waals surface area contributed by atoms with E-state index in [-0.39, 0.29) is 0 Å². The summed E-state index contributed by atoms with van der Waals surface area (Å²) in [5, 5.41) is 8.93. The first-order valence-electron chi connectivity index (χ1n) is 6.20. The first-order valence-corrected chi connectivity index (χ1v) is 6.20. The average molecular weight is 223 g/mol. The second-order valence-corrected chi connectivity index (χ2v) is 6.28. The van der Waals surface area contributed by atoms with E-state index < -0.39 is 5.54 Å². The van der Waals surface area contributed by atoms with Crippen molar-refractivity contribution >= 4 is 0 Å². The largest absolute Gasteiger partial charge is 0.314 e. The van der Waals surface area contributed by atoms with Crippen LogP contribution in [0.1, 0.15) is 47.0 Å². The van der Waals surface area contributed by atoms with Crippen molar-refractivity contribution in [1.82, 2.24) is 4.90 Å². The van der Waals surface area contributed by atoms with Gasteiger partial charge in [0.15, 0.2) is 0 Å². The highest BCUT2D eigenvalue weighted by atomic mass is 15.2. The molecule has 0 aromatic heterocycles. The minimum atomic E-state index is -0.688. The van der Waals surface area contributed by atoms with Gasteiger partial charge < -0.3 is 10.6 Å². The Labute approximate surface area is 99.6 Å². The van der Waals surface area contributed by atoms with Crippen LogP contribution in [0.25, 0.3) is 0 Å². The standard InChI is InChI=1S/C13H25N3/c1-11(9-13(4,15)10-14)16-7-5-12(2,3)6-8-16/h11H,5-9,15H2,1-4H3. The lowest BCUT2D eigenvalue weighted by Gasteiger charge is -2.41. The van der Waals surface area contributed by atoms with E-state index in [1.807, 2.05) is 6.92 Å². The van der Waals surface area contributed by atoms with Crippen LogP contribution in [-0.2, 0) is 0 Å². The molecule has 0 aromatic rings. The molecule has 2 N–H and O–H groups in total. The maximum atomic E-state index is 8.93. The number of piperidine rings is 1. The smallest absolute Gasteiger partial charge is 0.102 e. The summed E-state index contributed by atoms with van der Waals surface area (Å²) in [7, 11) is 0. The van der Waals surface area contributed by atoms with Gasteiger partial charge in [-0.15, -0.1) is 0 Å². The van der Waals surface area contributed by atoms with Gasteiger partial charge in [-0.25, -0.2) is 0 Å². The molecule has 0 bridgehead atoms. The summed E-state index contributed by atoms with van der Waals surface area (Å²) in [6.07, 6.45) is 3.24. The van der Waals surface area contributed by atoms with Crippen LogP contribution >= 0.6 is 0 Å². The van der Waals surface area contributed by atoms with Gasteiger partial charge in [-0.1, -0.05) is 13.8 Å². The van der Waals surface area contributed by atoms with Gasteiger partial charge in [-0.3, -0.25) is 0 Å². The summed E-state index contributed by atoms with van der Waals surface area (Å²) in [4.78, 5) is 2.47. The van der Waals surface area contributed by atoms with Gasteiger partial charge in [0, 0.05) is 6.04 Å². The van der Waals surface area contributed by atoms with Crippen LogP contribution in [0.15, 0.2) is 0 Å². The highest BCUT2D eigenvalue weighted by molar-refractivity contribution is 5.03. The predicted molar refractivity (Wildman–Crippen MR) is 66.9 cm³/mol. The van der Waals surface area contributed by atoms with Gasteiger partial charge in [0.2, 0.25) is 0 Å². The van der Waals surface area contributed by atoms with Crippen molar-refractivity contribution < 1.29 is 0 Å². The number of nitriles is 1. The maximum absolute atomic E-state index is 8.93. The van der Waals surface area contributed by atoms with Crippen LogP contribution in [0, 0.1) is 16.7 Å². The first kappa shape index (κ1) is 13.5. The number of nitrogens with zero attached hydrogens (tertiary/aromatic N) is 2. The second-order valence-electron chi connectivity index (χ2n) is 6.28. The minimum absolute atomic E-state index is 0.408. The van der Waals surface area contributed by atoms with Gasteiger partial charge in [0.25, 0.3) is 0 Å².